The summed E-state index contributed by atoms with van der Waals surface area (Å²) in [6.45, 7) is 13.9. The molecular formula is C16H33N3O2. The van der Waals surface area contributed by atoms with Crippen LogP contribution in [-0.2, 0) is 9.53 Å². The fourth-order valence-corrected chi connectivity index (χ4v) is 2.40. The molecule has 0 unspecified atom stereocenters. The Kier molecular flexibility index (Phi) is 7.10. The van der Waals surface area contributed by atoms with Gasteiger partial charge in [0.1, 0.15) is 0 Å². The van der Waals surface area contributed by atoms with Crippen molar-refractivity contribution in [3.05, 3.63) is 0 Å². The van der Waals surface area contributed by atoms with Gasteiger partial charge in [0.25, 0.3) is 0 Å². The Morgan fingerprint density at radius 3 is 2.38 bits per heavy atom. The molecule has 1 amide bonds. The van der Waals surface area contributed by atoms with Crippen LogP contribution in [0.3, 0.4) is 0 Å². The number of amides is 1. The fourth-order valence-electron chi connectivity index (χ4n) is 2.40. The van der Waals surface area contributed by atoms with Crippen molar-refractivity contribution in [3.8, 4) is 0 Å². The highest BCUT2D eigenvalue weighted by atomic mass is 16.5. The van der Waals surface area contributed by atoms with Gasteiger partial charge in [-0.3, -0.25) is 4.79 Å². The van der Waals surface area contributed by atoms with Crippen LogP contribution in [0.15, 0.2) is 0 Å². The van der Waals surface area contributed by atoms with Crippen molar-refractivity contribution in [1.29, 1.82) is 0 Å². The van der Waals surface area contributed by atoms with E-state index in [0.717, 1.165) is 39.1 Å². The molecule has 0 bridgehead atoms. The maximum absolute atomic E-state index is 12.1. The molecule has 0 aromatic rings. The highest BCUT2D eigenvalue weighted by Gasteiger charge is 2.29. The molecule has 5 heteroatoms. The van der Waals surface area contributed by atoms with Gasteiger partial charge in [0.15, 0.2) is 0 Å². The van der Waals surface area contributed by atoms with Gasteiger partial charge in [-0.05, 0) is 32.1 Å². The summed E-state index contributed by atoms with van der Waals surface area (Å²) in [7, 11) is 0. The molecule has 3 N–H and O–H groups in total. The summed E-state index contributed by atoms with van der Waals surface area (Å²) in [6, 6.07) is -0.192. The first-order chi connectivity index (χ1) is 9.70. The fraction of sp³-hybridized carbons (Fsp3) is 0.938. The molecule has 1 fully saturated rings. The Morgan fingerprint density at radius 2 is 1.90 bits per heavy atom. The highest BCUT2D eigenvalue weighted by Crippen LogP contribution is 2.18. The maximum atomic E-state index is 12.1. The largest absolute Gasteiger partial charge is 0.377 e. The van der Waals surface area contributed by atoms with Crippen LogP contribution >= 0.6 is 0 Å². The Bertz CT molecular complexity index is 318. The minimum atomic E-state index is -0.449. The van der Waals surface area contributed by atoms with E-state index in [2.05, 4.69) is 24.1 Å². The number of carbonyl (C=O) groups excluding carboxylic acids is 1. The average molecular weight is 299 g/mol. The first-order valence-corrected chi connectivity index (χ1v) is 8.10. The van der Waals surface area contributed by atoms with Gasteiger partial charge in [0.2, 0.25) is 5.91 Å². The van der Waals surface area contributed by atoms with Gasteiger partial charge in [0.05, 0.1) is 18.8 Å². The molecule has 0 radical (unpaired) electrons. The number of nitrogens with zero attached hydrogens (tertiary/aromatic N) is 1. The Hall–Kier alpha value is -0.650. The summed E-state index contributed by atoms with van der Waals surface area (Å²) in [4.78, 5) is 14.5. The van der Waals surface area contributed by atoms with Crippen LogP contribution in [0.25, 0.3) is 0 Å². The zero-order chi connectivity index (χ0) is 16.0. The number of hydrogen-bond acceptors (Lipinski definition) is 4. The molecule has 1 rings (SSSR count). The predicted octanol–water partition coefficient (Wildman–Crippen LogP) is 1.37. The predicted molar refractivity (Wildman–Crippen MR) is 86.1 cm³/mol. The van der Waals surface area contributed by atoms with Gasteiger partial charge in [-0.15, -0.1) is 0 Å². The van der Waals surface area contributed by atoms with Crippen LogP contribution < -0.4 is 11.1 Å². The highest BCUT2D eigenvalue weighted by molar-refractivity contribution is 5.82. The van der Waals surface area contributed by atoms with E-state index >= 15 is 0 Å². The van der Waals surface area contributed by atoms with Crippen molar-refractivity contribution in [1.82, 2.24) is 10.2 Å². The molecular weight excluding hydrogens is 266 g/mol. The number of nitrogens with two attached hydrogens (primary N) is 1. The standard InChI is InChI=1S/C16H33N3O2/c1-12(2)21-11-10-19-8-6-13(7-9-19)18-15(20)14(17)16(3,4)5/h12-14H,6-11,17H2,1-5H3,(H,18,20)/t14-/m1/s1. The number of likely N-dealkylation sites (tertiary alicyclic amines) is 1. The lowest BCUT2D eigenvalue weighted by atomic mass is 9.86. The summed E-state index contributed by atoms with van der Waals surface area (Å²) >= 11 is 0. The SMILES string of the molecule is CC(C)OCCN1CCC(NC(=O)[C@@H](N)C(C)(C)C)CC1. The Morgan fingerprint density at radius 1 is 1.33 bits per heavy atom. The van der Waals surface area contributed by atoms with E-state index in [1.54, 1.807) is 0 Å². The van der Waals surface area contributed by atoms with E-state index in [9.17, 15) is 4.79 Å². The minimum absolute atomic E-state index is 0.0240. The molecule has 124 valence electrons. The maximum Gasteiger partial charge on any atom is 0.237 e. The van der Waals surface area contributed by atoms with Crippen molar-refractivity contribution in [2.45, 2.75) is 65.6 Å². The van der Waals surface area contributed by atoms with Crippen LogP contribution in [-0.4, -0.2) is 55.2 Å². The van der Waals surface area contributed by atoms with Crippen molar-refractivity contribution in [3.63, 3.8) is 0 Å². The number of carbonyl (C=O) groups is 1. The molecule has 5 nitrogen and oxygen atoms in total. The molecule has 0 spiro atoms. The molecule has 0 saturated carbocycles. The smallest absolute Gasteiger partial charge is 0.237 e. The molecule has 1 aliphatic rings. The van der Waals surface area contributed by atoms with E-state index in [0.29, 0.717) is 6.10 Å². The van der Waals surface area contributed by atoms with Crippen LogP contribution in [0, 0.1) is 5.41 Å². The van der Waals surface area contributed by atoms with Crippen LogP contribution in [0.2, 0.25) is 0 Å². The summed E-state index contributed by atoms with van der Waals surface area (Å²) in [6.07, 6.45) is 2.27. The van der Waals surface area contributed by atoms with Crippen LogP contribution in [0.1, 0.15) is 47.5 Å². The van der Waals surface area contributed by atoms with Gasteiger partial charge in [0, 0.05) is 25.7 Å². The van der Waals surface area contributed by atoms with Gasteiger partial charge in [-0.1, -0.05) is 20.8 Å². The van der Waals surface area contributed by atoms with Gasteiger partial charge in [-0.25, -0.2) is 0 Å². The van der Waals surface area contributed by atoms with Crippen molar-refractivity contribution in [2.75, 3.05) is 26.2 Å². The zero-order valence-electron chi connectivity index (χ0n) is 14.3. The lowest BCUT2D eigenvalue weighted by Gasteiger charge is -2.34. The lowest BCUT2D eigenvalue weighted by molar-refractivity contribution is -0.125. The quantitative estimate of drug-likeness (QED) is 0.777. The molecule has 21 heavy (non-hydrogen) atoms. The normalized spacial score (nSPS) is 19.8. The summed E-state index contributed by atoms with van der Waals surface area (Å²) in [5, 5.41) is 3.10. The average Bonchev–Trinajstić information content (AvgIpc) is 2.38. The van der Waals surface area contributed by atoms with E-state index in [1.807, 2.05) is 20.8 Å². The van der Waals surface area contributed by atoms with Crippen molar-refractivity contribution in [2.24, 2.45) is 11.1 Å². The first-order valence-electron chi connectivity index (χ1n) is 8.10. The van der Waals surface area contributed by atoms with E-state index in [4.69, 9.17) is 10.5 Å². The summed E-state index contributed by atoms with van der Waals surface area (Å²) in [5.41, 5.74) is 5.80. The monoisotopic (exact) mass is 299 g/mol. The second-order valence-electron chi connectivity index (χ2n) is 7.39. The van der Waals surface area contributed by atoms with Gasteiger partial charge >= 0.3 is 0 Å². The Balaban J connectivity index is 2.26. The number of ether oxygens (including phenoxy) is 1. The topological polar surface area (TPSA) is 67.6 Å². The second kappa shape index (κ2) is 8.11. The third-order valence-electron chi connectivity index (χ3n) is 4.01. The molecule has 1 saturated heterocycles. The summed E-state index contributed by atoms with van der Waals surface area (Å²) in [5.74, 6) is -0.0240. The van der Waals surface area contributed by atoms with Gasteiger partial charge < -0.3 is 20.7 Å². The minimum Gasteiger partial charge on any atom is -0.377 e. The summed E-state index contributed by atoms with van der Waals surface area (Å²) < 4.78 is 5.58. The number of rotatable bonds is 6. The van der Waals surface area contributed by atoms with Crippen LogP contribution in [0.4, 0.5) is 0 Å². The van der Waals surface area contributed by atoms with E-state index < -0.39 is 6.04 Å². The third-order valence-corrected chi connectivity index (χ3v) is 4.01. The molecule has 1 aliphatic heterocycles. The van der Waals surface area contributed by atoms with E-state index in [1.165, 1.54) is 0 Å². The first kappa shape index (κ1) is 18.4. The molecule has 0 aliphatic carbocycles. The molecule has 1 heterocycles. The number of piperidine rings is 1. The van der Waals surface area contributed by atoms with E-state index in [-0.39, 0.29) is 17.4 Å². The van der Waals surface area contributed by atoms with Crippen molar-refractivity contribution >= 4 is 5.91 Å². The molecule has 0 aromatic heterocycles. The lowest BCUT2D eigenvalue weighted by Crippen LogP contribution is -2.53. The van der Waals surface area contributed by atoms with Crippen LogP contribution in [0.5, 0.6) is 0 Å². The number of nitrogens with one attached hydrogen (secondary N) is 1. The molecule has 1 atom stereocenters. The zero-order valence-corrected chi connectivity index (χ0v) is 14.3. The Labute approximate surface area is 129 Å². The second-order valence-corrected chi connectivity index (χ2v) is 7.39. The number of hydrogen-bond donors (Lipinski definition) is 2. The molecule has 0 aromatic carbocycles. The van der Waals surface area contributed by atoms with Crippen molar-refractivity contribution < 1.29 is 9.53 Å². The van der Waals surface area contributed by atoms with Gasteiger partial charge in [-0.2, -0.15) is 0 Å². The third kappa shape index (κ3) is 6.76.